The third kappa shape index (κ3) is 7.82. The molecule has 23 heavy (non-hydrogen) atoms. The monoisotopic (exact) mass is 323 g/mol. The van der Waals surface area contributed by atoms with E-state index >= 15 is 0 Å². The zero-order chi connectivity index (χ0) is 17.2. The molecule has 132 valence electrons. The molecule has 1 aromatic rings. The first kappa shape index (κ1) is 19.9. The lowest BCUT2D eigenvalue weighted by molar-refractivity contribution is 0.000115. The average Bonchev–Trinajstić information content (AvgIpc) is 2.53. The SMILES string of the molecule is CCC(C)N(Cc1cccc(OC)c1)CC(O)COCC(C)C. The maximum atomic E-state index is 10.3. The first-order valence-corrected chi connectivity index (χ1v) is 8.59. The summed E-state index contributed by atoms with van der Waals surface area (Å²) in [6.07, 6.45) is 0.581. The van der Waals surface area contributed by atoms with Crippen molar-refractivity contribution < 1.29 is 14.6 Å². The second kappa shape index (κ2) is 10.6. The normalized spacial score (nSPS) is 14.3. The maximum absolute atomic E-state index is 10.3. The smallest absolute Gasteiger partial charge is 0.119 e. The van der Waals surface area contributed by atoms with Gasteiger partial charge in [0.1, 0.15) is 5.75 Å². The van der Waals surface area contributed by atoms with Crippen LogP contribution in [0.4, 0.5) is 0 Å². The third-order valence-corrected chi connectivity index (χ3v) is 3.94. The summed E-state index contributed by atoms with van der Waals surface area (Å²) in [5.74, 6) is 1.36. The van der Waals surface area contributed by atoms with E-state index in [4.69, 9.17) is 9.47 Å². The Kier molecular flexibility index (Phi) is 9.22. The Balaban J connectivity index is 2.61. The fourth-order valence-corrected chi connectivity index (χ4v) is 2.43. The van der Waals surface area contributed by atoms with Crippen LogP contribution in [-0.4, -0.2) is 49.0 Å². The zero-order valence-corrected chi connectivity index (χ0v) is 15.3. The molecule has 0 saturated carbocycles. The number of ether oxygens (including phenoxy) is 2. The van der Waals surface area contributed by atoms with Gasteiger partial charge in [-0.05, 0) is 37.0 Å². The summed E-state index contributed by atoms with van der Waals surface area (Å²) in [6.45, 7) is 11.1. The highest BCUT2D eigenvalue weighted by molar-refractivity contribution is 5.28. The third-order valence-electron chi connectivity index (χ3n) is 3.94. The van der Waals surface area contributed by atoms with Crippen LogP contribution in [0.1, 0.15) is 39.7 Å². The van der Waals surface area contributed by atoms with Gasteiger partial charge >= 0.3 is 0 Å². The Hall–Kier alpha value is -1.10. The molecule has 0 amide bonds. The molecule has 0 aliphatic heterocycles. The minimum absolute atomic E-state index is 0.392. The quantitative estimate of drug-likeness (QED) is 0.678. The highest BCUT2D eigenvalue weighted by atomic mass is 16.5. The van der Waals surface area contributed by atoms with Gasteiger partial charge in [0.15, 0.2) is 0 Å². The van der Waals surface area contributed by atoms with Crippen molar-refractivity contribution in [3.05, 3.63) is 29.8 Å². The molecule has 0 aromatic heterocycles. The first-order chi connectivity index (χ1) is 11.0. The van der Waals surface area contributed by atoms with Crippen molar-refractivity contribution in [1.82, 2.24) is 4.90 Å². The molecule has 0 saturated heterocycles. The van der Waals surface area contributed by atoms with Crippen molar-refractivity contribution in [3.63, 3.8) is 0 Å². The predicted octanol–water partition coefficient (Wildman–Crippen LogP) is 3.33. The van der Waals surface area contributed by atoms with Gasteiger partial charge in [0, 0.05) is 25.7 Å². The van der Waals surface area contributed by atoms with Gasteiger partial charge in [-0.15, -0.1) is 0 Å². The molecular weight excluding hydrogens is 290 g/mol. The second-order valence-electron chi connectivity index (χ2n) is 6.62. The summed E-state index contributed by atoms with van der Waals surface area (Å²) in [5.41, 5.74) is 1.19. The van der Waals surface area contributed by atoms with Gasteiger partial charge in [0.05, 0.1) is 19.8 Å². The van der Waals surface area contributed by atoms with Gasteiger partial charge in [0.25, 0.3) is 0 Å². The van der Waals surface area contributed by atoms with Crippen LogP contribution in [0, 0.1) is 5.92 Å². The van der Waals surface area contributed by atoms with Gasteiger partial charge in [0.2, 0.25) is 0 Å². The van der Waals surface area contributed by atoms with E-state index in [1.54, 1.807) is 7.11 Å². The molecule has 1 N–H and O–H groups in total. The molecule has 2 unspecified atom stereocenters. The number of nitrogens with zero attached hydrogens (tertiary/aromatic N) is 1. The van der Waals surface area contributed by atoms with Crippen LogP contribution in [0.5, 0.6) is 5.75 Å². The molecule has 4 nitrogen and oxygen atoms in total. The van der Waals surface area contributed by atoms with Gasteiger partial charge in [-0.3, -0.25) is 4.90 Å². The standard InChI is InChI=1S/C19H33NO3/c1-6-16(4)20(12-18(21)14-23-13-15(2)3)11-17-8-7-9-19(10-17)22-5/h7-10,15-16,18,21H,6,11-14H2,1-5H3. The molecule has 0 bridgehead atoms. The molecule has 1 aromatic carbocycles. The van der Waals surface area contributed by atoms with E-state index in [1.807, 2.05) is 12.1 Å². The van der Waals surface area contributed by atoms with E-state index in [9.17, 15) is 5.11 Å². The first-order valence-electron chi connectivity index (χ1n) is 8.59. The van der Waals surface area contributed by atoms with Crippen LogP contribution >= 0.6 is 0 Å². The number of benzene rings is 1. The average molecular weight is 323 g/mol. The fraction of sp³-hybridized carbons (Fsp3) is 0.684. The topological polar surface area (TPSA) is 41.9 Å². The Morgan fingerprint density at radius 1 is 1.17 bits per heavy atom. The number of aliphatic hydroxyl groups is 1. The number of methoxy groups -OCH3 is 1. The lowest BCUT2D eigenvalue weighted by Crippen LogP contribution is -2.40. The van der Waals surface area contributed by atoms with Crippen molar-refractivity contribution >= 4 is 0 Å². The number of rotatable bonds is 11. The van der Waals surface area contributed by atoms with Crippen LogP contribution in [0.3, 0.4) is 0 Å². The molecule has 0 radical (unpaired) electrons. The van der Waals surface area contributed by atoms with Gasteiger partial charge < -0.3 is 14.6 Å². The summed E-state index contributed by atoms with van der Waals surface area (Å²) in [4.78, 5) is 2.30. The van der Waals surface area contributed by atoms with Crippen LogP contribution in [0.15, 0.2) is 24.3 Å². The van der Waals surface area contributed by atoms with E-state index < -0.39 is 6.10 Å². The lowest BCUT2D eigenvalue weighted by atomic mass is 10.1. The van der Waals surface area contributed by atoms with Crippen molar-refractivity contribution in [2.75, 3.05) is 26.9 Å². The summed E-state index contributed by atoms with van der Waals surface area (Å²) >= 11 is 0. The number of hydrogen-bond donors (Lipinski definition) is 1. The molecule has 0 aliphatic rings. The van der Waals surface area contributed by atoms with Crippen LogP contribution in [-0.2, 0) is 11.3 Å². The predicted molar refractivity (Wildman–Crippen MR) is 94.8 cm³/mol. The minimum atomic E-state index is -0.464. The van der Waals surface area contributed by atoms with Crippen molar-refractivity contribution in [3.8, 4) is 5.75 Å². The molecular formula is C19H33NO3. The summed E-state index contributed by atoms with van der Waals surface area (Å²) in [6, 6.07) is 8.51. The van der Waals surface area contributed by atoms with Gasteiger partial charge in [-0.2, -0.15) is 0 Å². The molecule has 4 heteroatoms. The van der Waals surface area contributed by atoms with Gasteiger partial charge in [-0.25, -0.2) is 0 Å². The molecule has 1 rings (SSSR count). The van der Waals surface area contributed by atoms with Crippen LogP contribution in [0.25, 0.3) is 0 Å². The van der Waals surface area contributed by atoms with E-state index in [1.165, 1.54) is 5.56 Å². The highest BCUT2D eigenvalue weighted by Gasteiger charge is 2.17. The summed E-state index contributed by atoms with van der Waals surface area (Å²) < 4.78 is 10.9. The largest absolute Gasteiger partial charge is 0.497 e. The van der Waals surface area contributed by atoms with Crippen LogP contribution in [0.2, 0.25) is 0 Å². The van der Waals surface area contributed by atoms with E-state index in [0.29, 0.717) is 31.7 Å². The molecule has 0 spiro atoms. The number of aliphatic hydroxyl groups excluding tert-OH is 1. The van der Waals surface area contributed by atoms with E-state index in [0.717, 1.165) is 18.7 Å². The Morgan fingerprint density at radius 2 is 1.91 bits per heavy atom. The van der Waals surface area contributed by atoms with Crippen molar-refractivity contribution in [2.24, 2.45) is 5.92 Å². The molecule has 0 heterocycles. The Labute approximate surface area is 141 Å². The van der Waals surface area contributed by atoms with Gasteiger partial charge in [-0.1, -0.05) is 32.9 Å². The molecule has 2 atom stereocenters. The van der Waals surface area contributed by atoms with Crippen molar-refractivity contribution in [2.45, 2.75) is 52.8 Å². The summed E-state index contributed by atoms with van der Waals surface area (Å²) in [5, 5.41) is 10.3. The lowest BCUT2D eigenvalue weighted by Gasteiger charge is -2.30. The maximum Gasteiger partial charge on any atom is 0.119 e. The molecule has 0 aliphatic carbocycles. The van der Waals surface area contributed by atoms with E-state index in [2.05, 4.69) is 44.7 Å². The second-order valence-corrected chi connectivity index (χ2v) is 6.62. The number of hydrogen-bond acceptors (Lipinski definition) is 4. The van der Waals surface area contributed by atoms with E-state index in [-0.39, 0.29) is 0 Å². The summed E-state index contributed by atoms with van der Waals surface area (Å²) in [7, 11) is 1.68. The Bertz CT molecular complexity index is 436. The zero-order valence-electron chi connectivity index (χ0n) is 15.3. The minimum Gasteiger partial charge on any atom is -0.497 e. The van der Waals surface area contributed by atoms with Crippen LogP contribution < -0.4 is 4.74 Å². The fourth-order valence-electron chi connectivity index (χ4n) is 2.43. The highest BCUT2D eigenvalue weighted by Crippen LogP contribution is 2.17. The van der Waals surface area contributed by atoms with Crippen molar-refractivity contribution in [1.29, 1.82) is 0 Å². The Morgan fingerprint density at radius 3 is 2.52 bits per heavy atom. The molecule has 0 fully saturated rings.